The zero-order chi connectivity index (χ0) is 13.8. The average Bonchev–Trinajstić information content (AvgIpc) is 2.40. The number of anilines is 2. The lowest BCUT2D eigenvalue weighted by molar-refractivity contribution is 0.112. The number of carbonyl (C=O) groups excluding carboxylic acids is 1. The summed E-state index contributed by atoms with van der Waals surface area (Å²) >= 11 is 3.39. The van der Waals surface area contributed by atoms with Gasteiger partial charge in [-0.15, -0.1) is 0 Å². The van der Waals surface area contributed by atoms with Gasteiger partial charge >= 0.3 is 0 Å². The van der Waals surface area contributed by atoms with Crippen LogP contribution >= 0.6 is 15.9 Å². The molecule has 0 saturated carbocycles. The average molecular weight is 322 g/mol. The van der Waals surface area contributed by atoms with E-state index in [4.69, 9.17) is 0 Å². The van der Waals surface area contributed by atoms with Gasteiger partial charge in [0.15, 0.2) is 6.29 Å². The Morgan fingerprint density at radius 2 is 2.05 bits per heavy atom. The van der Waals surface area contributed by atoms with Crippen molar-refractivity contribution >= 4 is 33.6 Å². The van der Waals surface area contributed by atoms with E-state index in [0.29, 0.717) is 12.1 Å². The second-order valence-electron chi connectivity index (χ2n) is 4.05. The SMILES string of the molecule is CCN(c1cccc(F)c1)c1cc(Br)ccc1C=O. The monoisotopic (exact) mass is 321 g/mol. The van der Waals surface area contributed by atoms with Crippen molar-refractivity contribution in [2.75, 3.05) is 11.4 Å². The third-order valence-corrected chi connectivity index (χ3v) is 3.34. The van der Waals surface area contributed by atoms with Crippen molar-refractivity contribution in [1.29, 1.82) is 0 Å². The van der Waals surface area contributed by atoms with Crippen LogP contribution in [0.4, 0.5) is 15.8 Å². The van der Waals surface area contributed by atoms with Gasteiger partial charge in [0, 0.05) is 22.3 Å². The van der Waals surface area contributed by atoms with Crippen molar-refractivity contribution in [3.8, 4) is 0 Å². The molecule has 0 N–H and O–H groups in total. The van der Waals surface area contributed by atoms with Gasteiger partial charge in [0.05, 0.1) is 5.69 Å². The zero-order valence-electron chi connectivity index (χ0n) is 10.4. The van der Waals surface area contributed by atoms with Crippen LogP contribution in [0, 0.1) is 5.82 Å². The van der Waals surface area contributed by atoms with Crippen LogP contribution in [-0.4, -0.2) is 12.8 Å². The van der Waals surface area contributed by atoms with E-state index in [1.807, 2.05) is 30.0 Å². The fourth-order valence-electron chi connectivity index (χ4n) is 1.99. The summed E-state index contributed by atoms with van der Waals surface area (Å²) in [6, 6.07) is 11.8. The number of halogens is 2. The van der Waals surface area contributed by atoms with Gasteiger partial charge in [-0.1, -0.05) is 22.0 Å². The van der Waals surface area contributed by atoms with Crippen LogP contribution in [0.2, 0.25) is 0 Å². The van der Waals surface area contributed by atoms with Crippen LogP contribution in [0.3, 0.4) is 0 Å². The molecular formula is C15H13BrFNO. The molecule has 0 amide bonds. The van der Waals surface area contributed by atoms with Crippen LogP contribution in [0.15, 0.2) is 46.9 Å². The molecule has 0 aliphatic heterocycles. The van der Waals surface area contributed by atoms with Crippen molar-refractivity contribution in [2.45, 2.75) is 6.92 Å². The molecule has 0 fully saturated rings. The first-order valence-electron chi connectivity index (χ1n) is 5.93. The standard InChI is InChI=1S/C15H13BrFNO/c1-2-18(14-5-3-4-13(17)9-14)15-8-12(16)7-6-11(15)10-19/h3-10H,2H2,1H3. The maximum Gasteiger partial charge on any atom is 0.152 e. The van der Waals surface area contributed by atoms with Crippen molar-refractivity contribution in [3.63, 3.8) is 0 Å². The second-order valence-corrected chi connectivity index (χ2v) is 4.96. The van der Waals surface area contributed by atoms with E-state index in [0.717, 1.165) is 22.1 Å². The molecule has 2 aromatic carbocycles. The summed E-state index contributed by atoms with van der Waals surface area (Å²) in [6.07, 6.45) is 0.809. The van der Waals surface area contributed by atoms with Gasteiger partial charge < -0.3 is 4.90 Å². The molecule has 4 heteroatoms. The molecule has 0 aromatic heterocycles. The summed E-state index contributed by atoms with van der Waals surface area (Å²) in [5.41, 5.74) is 2.07. The van der Waals surface area contributed by atoms with Crippen molar-refractivity contribution in [3.05, 3.63) is 58.3 Å². The fourth-order valence-corrected chi connectivity index (χ4v) is 2.34. The topological polar surface area (TPSA) is 20.3 Å². The van der Waals surface area contributed by atoms with Gasteiger partial charge in [-0.05, 0) is 43.3 Å². The number of hydrogen-bond acceptors (Lipinski definition) is 2. The lowest BCUT2D eigenvalue weighted by Crippen LogP contribution is -2.17. The summed E-state index contributed by atoms with van der Waals surface area (Å²) in [5, 5.41) is 0. The van der Waals surface area contributed by atoms with E-state index < -0.39 is 0 Å². The minimum absolute atomic E-state index is 0.293. The molecule has 0 radical (unpaired) electrons. The van der Waals surface area contributed by atoms with Gasteiger partial charge in [-0.2, -0.15) is 0 Å². The summed E-state index contributed by atoms with van der Waals surface area (Å²) in [4.78, 5) is 13.0. The molecule has 0 aliphatic rings. The maximum atomic E-state index is 13.3. The van der Waals surface area contributed by atoms with E-state index in [9.17, 15) is 9.18 Å². The first-order valence-corrected chi connectivity index (χ1v) is 6.73. The number of hydrogen-bond donors (Lipinski definition) is 0. The Hall–Kier alpha value is -1.68. The molecule has 2 rings (SSSR count). The van der Waals surface area contributed by atoms with Crippen LogP contribution in [-0.2, 0) is 0 Å². The number of aldehydes is 1. The van der Waals surface area contributed by atoms with E-state index in [1.165, 1.54) is 12.1 Å². The largest absolute Gasteiger partial charge is 0.341 e. The molecule has 98 valence electrons. The molecular weight excluding hydrogens is 309 g/mol. The summed E-state index contributed by atoms with van der Waals surface area (Å²) in [7, 11) is 0. The zero-order valence-corrected chi connectivity index (χ0v) is 12.0. The van der Waals surface area contributed by atoms with Crippen LogP contribution in [0.25, 0.3) is 0 Å². The molecule has 0 heterocycles. The van der Waals surface area contributed by atoms with Crippen molar-refractivity contribution < 1.29 is 9.18 Å². The number of nitrogens with zero attached hydrogens (tertiary/aromatic N) is 1. The van der Waals surface area contributed by atoms with Gasteiger partial charge in [0.2, 0.25) is 0 Å². The van der Waals surface area contributed by atoms with E-state index in [2.05, 4.69) is 15.9 Å². The molecule has 0 bridgehead atoms. The van der Waals surface area contributed by atoms with Crippen LogP contribution in [0.1, 0.15) is 17.3 Å². The summed E-state index contributed by atoms with van der Waals surface area (Å²) < 4.78 is 14.2. The van der Waals surface area contributed by atoms with Gasteiger partial charge in [-0.3, -0.25) is 4.79 Å². The quantitative estimate of drug-likeness (QED) is 0.769. The first-order chi connectivity index (χ1) is 9.15. The van der Waals surface area contributed by atoms with Gasteiger partial charge in [-0.25, -0.2) is 4.39 Å². The number of carbonyl (C=O) groups is 1. The highest BCUT2D eigenvalue weighted by Crippen LogP contribution is 2.30. The van der Waals surface area contributed by atoms with Crippen LogP contribution in [0.5, 0.6) is 0 Å². The fraction of sp³-hybridized carbons (Fsp3) is 0.133. The first kappa shape index (κ1) is 13.7. The number of rotatable bonds is 4. The molecule has 0 unspecified atom stereocenters. The van der Waals surface area contributed by atoms with E-state index in [-0.39, 0.29) is 5.82 Å². The van der Waals surface area contributed by atoms with E-state index >= 15 is 0 Å². The van der Waals surface area contributed by atoms with Crippen molar-refractivity contribution in [2.24, 2.45) is 0 Å². The van der Waals surface area contributed by atoms with E-state index in [1.54, 1.807) is 12.1 Å². The molecule has 0 aliphatic carbocycles. The highest BCUT2D eigenvalue weighted by molar-refractivity contribution is 9.10. The third kappa shape index (κ3) is 3.01. The Kier molecular flexibility index (Phi) is 4.32. The van der Waals surface area contributed by atoms with Gasteiger partial charge in [0.1, 0.15) is 5.82 Å². The second kappa shape index (κ2) is 5.97. The molecule has 0 atom stereocenters. The molecule has 2 nitrogen and oxygen atoms in total. The molecule has 0 saturated heterocycles. The normalized spacial score (nSPS) is 10.3. The Morgan fingerprint density at radius 1 is 1.26 bits per heavy atom. The molecule has 19 heavy (non-hydrogen) atoms. The predicted molar refractivity (Wildman–Crippen MR) is 78.6 cm³/mol. The highest BCUT2D eigenvalue weighted by atomic mass is 79.9. The highest BCUT2D eigenvalue weighted by Gasteiger charge is 2.12. The van der Waals surface area contributed by atoms with Crippen molar-refractivity contribution in [1.82, 2.24) is 0 Å². The molecule has 2 aromatic rings. The molecule has 0 spiro atoms. The third-order valence-electron chi connectivity index (χ3n) is 2.85. The Morgan fingerprint density at radius 3 is 2.68 bits per heavy atom. The predicted octanol–water partition coefficient (Wildman–Crippen LogP) is 4.56. The minimum Gasteiger partial charge on any atom is -0.341 e. The maximum absolute atomic E-state index is 13.3. The minimum atomic E-state index is -0.293. The lowest BCUT2D eigenvalue weighted by Gasteiger charge is -2.25. The smallest absolute Gasteiger partial charge is 0.152 e. The lowest BCUT2D eigenvalue weighted by atomic mass is 10.1. The summed E-state index contributed by atoms with van der Waals surface area (Å²) in [5.74, 6) is -0.293. The summed E-state index contributed by atoms with van der Waals surface area (Å²) in [6.45, 7) is 2.60. The number of benzene rings is 2. The van der Waals surface area contributed by atoms with Crippen LogP contribution < -0.4 is 4.90 Å². The Balaban J connectivity index is 2.53. The van der Waals surface area contributed by atoms with Gasteiger partial charge in [0.25, 0.3) is 0 Å². The Bertz CT molecular complexity index is 600. The Labute approximate surface area is 120 Å².